The minimum atomic E-state index is -0.239. The topological polar surface area (TPSA) is 123 Å². The first-order chi connectivity index (χ1) is 16.4. The molecule has 4 rings (SSSR count). The molecule has 1 aliphatic heterocycles. The van der Waals surface area contributed by atoms with Gasteiger partial charge in [-0.1, -0.05) is 17.7 Å². The zero-order valence-corrected chi connectivity index (χ0v) is 20.2. The third-order valence-electron chi connectivity index (χ3n) is 5.94. The molecule has 0 bridgehead atoms. The summed E-state index contributed by atoms with van der Waals surface area (Å²) in [6.45, 7) is 6.61. The molecule has 1 aromatic carbocycles. The van der Waals surface area contributed by atoms with Crippen molar-refractivity contribution in [1.82, 2.24) is 29.7 Å². The molecule has 3 heterocycles. The molecule has 2 amide bonds. The molecule has 34 heavy (non-hydrogen) atoms. The molecule has 3 aromatic rings. The van der Waals surface area contributed by atoms with Gasteiger partial charge in [-0.05, 0) is 51.3 Å². The smallest absolute Gasteiger partial charge is 0.319 e. The van der Waals surface area contributed by atoms with E-state index in [2.05, 4.69) is 44.3 Å². The number of hydrogen-bond donors (Lipinski definition) is 3. The summed E-state index contributed by atoms with van der Waals surface area (Å²) >= 11 is 5.96. The van der Waals surface area contributed by atoms with Gasteiger partial charge in [0.25, 0.3) is 0 Å². The first-order valence-electron chi connectivity index (χ1n) is 11.5. The number of nitrogens with two attached hydrogens (primary N) is 1. The van der Waals surface area contributed by atoms with Crippen molar-refractivity contribution in [1.29, 1.82) is 0 Å². The van der Waals surface area contributed by atoms with Gasteiger partial charge >= 0.3 is 6.03 Å². The van der Waals surface area contributed by atoms with Gasteiger partial charge in [-0.2, -0.15) is 0 Å². The lowest BCUT2D eigenvalue weighted by molar-refractivity contribution is -0.0158. The molecule has 2 atom stereocenters. The Balaban J connectivity index is 1.23. The van der Waals surface area contributed by atoms with Crippen molar-refractivity contribution in [3.05, 3.63) is 41.9 Å². The van der Waals surface area contributed by atoms with E-state index in [0.717, 1.165) is 32.4 Å². The van der Waals surface area contributed by atoms with Crippen LogP contribution in [0, 0.1) is 0 Å². The van der Waals surface area contributed by atoms with Crippen LogP contribution in [0.5, 0.6) is 0 Å². The van der Waals surface area contributed by atoms with Crippen LogP contribution in [0.25, 0.3) is 11.2 Å². The number of nitrogen functional groups attached to an aromatic ring is 1. The second kappa shape index (κ2) is 11.0. The summed E-state index contributed by atoms with van der Waals surface area (Å²) in [5.74, 6) is 0.374. The van der Waals surface area contributed by atoms with E-state index in [-0.39, 0.29) is 18.4 Å². The Morgan fingerprint density at radius 3 is 2.97 bits per heavy atom. The Morgan fingerprint density at radius 2 is 2.18 bits per heavy atom. The maximum atomic E-state index is 12.1. The van der Waals surface area contributed by atoms with Crippen LogP contribution in [-0.4, -0.2) is 62.2 Å². The normalized spacial score (nSPS) is 18.1. The molecule has 0 radical (unpaired) electrons. The number of ether oxygens (including phenoxy) is 1. The average Bonchev–Trinajstić information content (AvgIpc) is 3.43. The number of imidazole rings is 1. The molecule has 2 aromatic heterocycles. The summed E-state index contributed by atoms with van der Waals surface area (Å²) < 4.78 is 8.28. The van der Waals surface area contributed by atoms with Crippen molar-refractivity contribution in [2.45, 2.75) is 51.5 Å². The second-order valence-corrected chi connectivity index (χ2v) is 9.14. The largest absolute Gasteiger partial charge is 0.382 e. The van der Waals surface area contributed by atoms with Crippen LogP contribution in [0.2, 0.25) is 5.02 Å². The van der Waals surface area contributed by atoms with Crippen molar-refractivity contribution in [2.24, 2.45) is 0 Å². The van der Waals surface area contributed by atoms with Gasteiger partial charge in [-0.25, -0.2) is 19.7 Å². The fourth-order valence-electron chi connectivity index (χ4n) is 4.15. The summed E-state index contributed by atoms with van der Waals surface area (Å²) in [5, 5.41) is 6.28. The van der Waals surface area contributed by atoms with Gasteiger partial charge in [-0.3, -0.25) is 9.47 Å². The summed E-state index contributed by atoms with van der Waals surface area (Å²) in [7, 11) is 0. The molecular formula is C23H31ClN8O2. The highest BCUT2D eigenvalue weighted by Crippen LogP contribution is 2.31. The number of rotatable bonds is 9. The van der Waals surface area contributed by atoms with Crippen molar-refractivity contribution < 1.29 is 9.53 Å². The number of carbonyl (C=O) groups excluding carboxylic acids is 1. The number of nitrogens with zero attached hydrogens (tertiary/aromatic N) is 5. The van der Waals surface area contributed by atoms with Crippen LogP contribution in [0.1, 0.15) is 39.3 Å². The van der Waals surface area contributed by atoms with E-state index in [4.69, 9.17) is 22.1 Å². The fourth-order valence-corrected chi connectivity index (χ4v) is 4.34. The van der Waals surface area contributed by atoms with Gasteiger partial charge in [0, 0.05) is 36.4 Å². The molecule has 2 unspecified atom stereocenters. The Labute approximate surface area is 203 Å². The van der Waals surface area contributed by atoms with Crippen molar-refractivity contribution in [3.63, 3.8) is 0 Å². The summed E-state index contributed by atoms with van der Waals surface area (Å²) in [6, 6.07) is 7.21. The molecule has 1 fully saturated rings. The van der Waals surface area contributed by atoms with Crippen LogP contribution in [0.15, 0.2) is 36.9 Å². The molecule has 4 N–H and O–H groups in total. The highest BCUT2D eigenvalue weighted by Gasteiger charge is 2.30. The molecule has 0 spiro atoms. The fraction of sp³-hybridized carbons (Fsp3) is 0.478. The highest BCUT2D eigenvalue weighted by molar-refractivity contribution is 6.30. The molecular weight excluding hydrogens is 456 g/mol. The molecule has 1 saturated heterocycles. The lowest BCUT2D eigenvalue weighted by Gasteiger charge is -2.29. The number of aromatic nitrogens is 4. The minimum absolute atomic E-state index is 0.114. The van der Waals surface area contributed by atoms with E-state index >= 15 is 0 Å². The second-order valence-electron chi connectivity index (χ2n) is 8.71. The lowest BCUT2D eigenvalue weighted by Crippen LogP contribution is -2.39. The monoisotopic (exact) mass is 486 g/mol. The summed E-state index contributed by atoms with van der Waals surface area (Å²) in [4.78, 5) is 27.2. The Hall–Kier alpha value is -2.95. The lowest BCUT2D eigenvalue weighted by atomic mass is 10.2. The predicted octanol–water partition coefficient (Wildman–Crippen LogP) is 3.66. The van der Waals surface area contributed by atoms with Crippen molar-refractivity contribution in [2.75, 3.05) is 30.7 Å². The Kier molecular flexibility index (Phi) is 7.81. The predicted molar refractivity (Wildman–Crippen MR) is 133 cm³/mol. The molecule has 182 valence electrons. The number of anilines is 2. The average molecular weight is 487 g/mol. The highest BCUT2D eigenvalue weighted by atomic mass is 35.5. The third kappa shape index (κ3) is 5.94. The van der Waals surface area contributed by atoms with E-state index in [0.29, 0.717) is 40.3 Å². The first kappa shape index (κ1) is 24.2. The van der Waals surface area contributed by atoms with E-state index in [1.54, 1.807) is 30.6 Å². The van der Waals surface area contributed by atoms with Gasteiger partial charge in [0.2, 0.25) is 0 Å². The Morgan fingerprint density at radius 1 is 1.32 bits per heavy atom. The van der Waals surface area contributed by atoms with Crippen LogP contribution in [0.4, 0.5) is 16.3 Å². The summed E-state index contributed by atoms with van der Waals surface area (Å²) in [6.07, 6.45) is 5.85. The van der Waals surface area contributed by atoms with Crippen LogP contribution in [-0.2, 0) is 4.74 Å². The van der Waals surface area contributed by atoms with Crippen LogP contribution >= 0.6 is 11.6 Å². The van der Waals surface area contributed by atoms with Gasteiger partial charge < -0.3 is 21.1 Å². The maximum absolute atomic E-state index is 12.1. The molecule has 0 aliphatic carbocycles. The zero-order chi connectivity index (χ0) is 24.1. The maximum Gasteiger partial charge on any atom is 0.319 e. The van der Waals surface area contributed by atoms with Gasteiger partial charge in [-0.15, -0.1) is 0 Å². The number of halogens is 1. The Bertz CT molecular complexity index is 1120. The number of carbonyl (C=O) groups is 1. The summed E-state index contributed by atoms with van der Waals surface area (Å²) in [5.41, 5.74) is 7.87. The van der Waals surface area contributed by atoms with Gasteiger partial charge in [0.1, 0.15) is 18.1 Å². The molecule has 1 aliphatic rings. The third-order valence-corrected chi connectivity index (χ3v) is 6.18. The standard InChI is InChI=1S/C23H31ClN8O2/c1-15(2)31(10-4-9-26-23(33)30-17-6-3-5-16(24)11-17)12-18-7-8-19(34-18)32-14-29-20-21(25)27-13-28-22(20)32/h3,5-6,11,13-15,18-19H,4,7-10,12H2,1-2H3,(H2,25,27,28)(H2,26,30,33). The number of fused-ring (bicyclic) bond motifs is 1. The minimum Gasteiger partial charge on any atom is -0.382 e. The molecule has 11 heteroatoms. The van der Waals surface area contributed by atoms with Crippen LogP contribution < -0.4 is 16.4 Å². The number of urea groups is 1. The van der Waals surface area contributed by atoms with Gasteiger partial charge in [0.15, 0.2) is 11.5 Å². The van der Waals surface area contributed by atoms with E-state index in [9.17, 15) is 4.79 Å². The number of nitrogens with one attached hydrogen (secondary N) is 2. The quantitative estimate of drug-likeness (QED) is 0.394. The number of benzene rings is 1. The van der Waals surface area contributed by atoms with Crippen molar-refractivity contribution >= 4 is 40.3 Å². The molecule has 0 saturated carbocycles. The van der Waals surface area contributed by atoms with Gasteiger partial charge in [0.05, 0.1) is 12.4 Å². The van der Waals surface area contributed by atoms with E-state index in [1.165, 1.54) is 6.33 Å². The number of amides is 2. The van der Waals surface area contributed by atoms with Crippen LogP contribution in [0.3, 0.4) is 0 Å². The van der Waals surface area contributed by atoms with Crippen molar-refractivity contribution in [3.8, 4) is 0 Å². The zero-order valence-electron chi connectivity index (χ0n) is 19.4. The van der Waals surface area contributed by atoms with E-state index < -0.39 is 0 Å². The SMILES string of the molecule is CC(C)N(CCCNC(=O)Nc1cccc(Cl)c1)CC1CCC(n2cnc3c(N)ncnc32)O1. The molecule has 10 nitrogen and oxygen atoms in total. The first-order valence-corrected chi connectivity index (χ1v) is 11.9. The number of hydrogen-bond acceptors (Lipinski definition) is 7. The van der Waals surface area contributed by atoms with E-state index in [1.807, 2.05) is 4.57 Å².